The number of carbonyl (C=O) groups is 1. The van der Waals surface area contributed by atoms with E-state index in [1.165, 1.54) is 4.68 Å². The van der Waals surface area contributed by atoms with Crippen LogP contribution in [0.4, 0.5) is 5.82 Å². The van der Waals surface area contributed by atoms with Gasteiger partial charge in [0.15, 0.2) is 0 Å². The predicted molar refractivity (Wildman–Crippen MR) is 131 cm³/mol. The van der Waals surface area contributed by atoms with Gasteiger partial charge >= 0.3 is 0 Å². The van der Waals surface area contributed by atoms with Gasteiger partial charge in [0.05, 0.1) is 0 Å². The molecule has 8 nitrogen and oxygen atoms in total. The molecule has 0 aliphatic rings. The molecule has 3 heterocycles. The molecule has 3 aromatic heterocycles. The lowest BCUT2D eigenvalue weighted by atomic mass is 10.1. The number of nitrogens with zero attached hydrogens (tertiary/aromatic N) is 4. The van der Waals surface area contributed by atoms with Gasteiger partial charge in [-0.1, -0.05) is 24.8 Å². The first-order chi connectivity index (χ1) is 16.4. The van der Waals surface area contributed by atoms with Crippen molar-refractivity contribution in [3.8, 4) is 11.5 Å². The van der Waals surface area contributed by atoms with Crippen LogP contribution in [-0.4, -0.2) is 25.7 Å². The molecule has 0 bridgehead atoms. The highest BCUT2D eigenvalue weighted by Gasteiger charge is 2.13. The van der Waals surface area contributed by atoms with Crippen molar-refractivity contribution in [1.29, 1.82) is 0 Å². The normalized spacial score (nSPS) is 10.6. The maximum atomic E-state index is 12.4. The van der Waals surface area contributed by atoms with Crippen molar-refractivity contribution in [2.45, 2.75) is 20.4 Å². The minimum Gasteiger partial charge on any atom is -0.457 e. The number of hydrogen-bond acceptors (Lipinski definition) is 6. The van der Waals surface area contributed by atoms with Crippen molar-refractivity contribution in [2.75, 3.05) is 5.32 Å². The molecule has 0 unspecified atom stereocenters. The zero-order valence-corrected chi connectivity index (χ0v) is 19.4. The molecular formula is C26H26N6O2. The van der Waals surface area contributed by atoms with Crippen LogP contribution in [0.15, 0.2) is 73.7 Å². The second kappa shape index (κ2) is 9.99. The second-order valence-electron chi connectivity index (χ2n) is 7.84. The van der Waals surface area contributed by atoms with E-state index in [2.05, 4.69) is 32.3 Å². The Morgan fingerprint density at radius 1 is 1.09 bits per heavy atom. The predicted octanol–water partition coefficient (Wildman–Crippen LogP) is 4.63. The van der Waals surface area contributed by atoms with Crippen molar-refractivity contribution in [1.82, 2.24) is 25.1 Å². The smallest absolute Gasteiger partial charge is 0.275 e. The van der Waals surface area contributed by atoms with Gasteiger partial charge in [0.25, 0.3) is 5.91 Å². The van der Waals surface area contributed by atoms with Crippen LogP contribution in [0.3, 0.4) is 0 Å². The summed E-state index contributed by atoms with van der Waals surface area (Å²) in [6, 6.07) is 14.9. The van der Waals surface area contributed by atoms with Crippen LogP contribution in [0.25, 0.3) is 5.70 Å². The van der Waals surface area contributed by atoms with E-state index in [4.69, 9.17) is 4.74 Å². The molecule has 4 aromatic rings. The zero-order chi connectivity index (χ0) is 24.1. The summed E-state index contributed by atoms with van der Waals surface area (Å²) in [5, 5.41) is 10.1. The lowest BCUT2D eigenvalue weighted by Crippen LogP contribution is -2.16. The Hall–Kier alpha value is -4.46. The van der Waals surface area contributed by atoms with Crippen LogP contribution < -0.4 is 15.4 Å². The number of nitrogens with one attached hydrogen (secondary N) is 2. The fraction of sp³-hybridized carbons (Fsp3) is 0.154. The van der Waals surface area contributed by atoms with Crippen LogP contribution in [0.5, 0.6) is 11.5 Å². The van der Waals surface area contributed by atoms with Gasteiger partial charge in [0.2, 0.25) is 0 Å². The molecule has 0 radical (unpaired) electrons. The number of ether oxygens (including phenoxy) is 1. The summed E-state index contributed by atoms with van der Waals surface area (Å²) < 4.78 is 7.63. The first kappa shape index (κ1) is 22.7. The first-order valence-electron chi connectivity index (χ1n) is 10.8. The highest BCUT2D eigenvalue weighted by atomic mass is 16.5. The van der Waals surface area contributed by atoms with Gasteiger partial charge in [-0.3, -0.25) is 14.5 Å². The summed E-state index contributed by atoms with van der Waals surface area (Å²) in [7, 11) is 1.71. The largest absolute Gasteiger partial charge is 0.457 e. The van der Waals surface area contributed by atoms with Gasteiger partial charge in [-0.05, 0) is 43.7 Å². The minimum atomic E-state index is -0.297. The Labute approximate surface area is 198 Å². The third-order valence-corrected chi connectivity index (χ3v) is 5.34. The molecule has 0 atom stereocenters. The molecule has 4 rings (SSSR count). The van der Waals surface area contributed by atoms with Gasteiger partial charge in [0, 0.05) is 60.8 Å². The fourth-order valence-electron chi connectivity index (χ4n) is 3.41. The Bertz CT molecular complexity index is 1330. The molecule has 172 valence electrons. The number of pyridine rings is 2. The molecule has 0 spiro atoms. The number of hydrogen-bond donors (Lipinski definition) is 2. The van der Waals surface area contributed by atoms with Crippen LogP contribution in [0.2, 0.25) is 0 Å². The number of carbonyl (C=O) groups excluding carboxylic acids is 1. The monoisotopic (exact) mass is 454 g/mol. The number of anilines is 1. The molecule has 1 aromatic carbocycles. The van der Waals surface area contributed by atoms with Crippen molar-refractivity contribution in [2.24, 2.45) is 7.05 Å². The summed E-state index contributed by atoms with van der Waals surface area (Å²) >= 11 is 0. The van der Waals surface area contributed by atoms with Crippen molar-refractivity contribution in [3.63, 3.8) is 0 Å². The molecular weight excluding hydrogens is 428 g/mol. The van der Waals surface area contributed by atoms with Crippen LogP contribution in [-0.2, 0) is 13.6 Å². The molecule has 0 aliphatic heterocycles. The van der Waals surface area contributed by atoms with Gasteiger partial charge in [0.1, 0.15) is 23.0 Å². The molecule has 0 fully saturated rings. The number of amides is 1. The Morgan fingerprint density at radius 2 is 1.94 bits per heavy atom. The van der Waals surface area contributed by atoms with Crippen LogP contribution in [0, 0.1) is 13.8 Å². The van der Waals surface area contributed by atoms with E-state index in [0.29, 0.717) is 29.6 Å². The van der Waals surface area contributed by atoms with E-state index < -0.39 is 0 Å². The van der Waals surface area contributed by atoms with E-state index in [1.54, 1.807) is 37.6 Å². The van der Waals surface area contributed by atoms with E-state index in [1.807, 2.05) is 50.4 Å². The zero-order valence-electron chi connectivity index (χ0n) is 19.4. The average Bonchev–Trinajstić information content (AvgIpc) is 3.26. The standard InChI is InChI=1S/C26H26N6O2/c1-17-8-9-20(15-28-17)16-29-19(3)22-6-5-7-24(18(22)2)34-21-10-12-27-25(14-21)31-26(33)23-11-13-30-32(23)4/h5-15,29H,3,16H2,1-2,4H3,(H,27,31,33). The minimum absolute atomic E-state index is 0.297. The molecule has 8 heteroatoms. The highest BCUT2D eigenvalue weighted by Crippen LogP contribution is 2.30. The molecule has 0 aliphatic carbocycles. The highest BCUT2D eigenvalue weighted by molar-refractivity contribution is 6.02. The molecule has 2 N–H and O–H groups in total. The Balaban J connectivity index is 1.45. The quantitative estimate of drug-likeness (QED) is 0.403. The van der Waals surface area contributed by atoms with E-state index in [0.717, 1.165) is 28.1 Å². The number of benzene rings is 1. The second-order valence-corrected chi connectivity index (χ2v) is 7.84. The Morgan fingerprint density at radius 3 is 2.68 bits per heavy atom. The summed E-state index contributed by atoms with van der Waals surface area (Å²) in [5.41, 5.74) is 5.19. The molecule has 0 saturated heterocycles. The SMILES string of the molecule is C=C(NCc1ccc(C)nc1)c1cccc(Oc2ccnc(NC(=O)c3ccnn3C)c2)c1C. The van der Waals surface area contributed by atoms with Crippen LogP contribution >= 0.6 is 0 Å². The fourth-order valence-corrected chi connectivity index (χ4v) is 3.41. The topological polar surface area (TPSA) is 94.0 Å². The summed E-state index contributed by atoms with van der Waals surface area (Å²) in [6.07, 6.45) is 5.01. The van der Waals surface area contributed by atoms with Gasteiger partial charge in [-0.2, -0.15) is 5.10 Å². The van der Waals surface area contributed by atoms with E-state index in [9.17, 15) is 4.79 Å². The average molecular weight is 455 g/mol. The number of aryl methyl sites for hydroxylation is 2. The van der Waals surface area contributed by atoms with Crippen LogP contribution in [0.1, 0.15) is 32.9 Å². The Kier molecular flexibility index (Phi) is 6.68. The van der Waals surface area contributed by atoms with Crippen molar-refractivity contribution < 1.29 is 9.53 Å². The van der Waals surface area contributed by atoms with E-state index in [-0.39, 0.29) is 5.91 Å². The van der Waals surface area contributed by atoms with Crippen molar-refractivity contribution in [3.05, 3.63) is 102 Å². The third kappa shape index (κ3) is 5.29. The summed E-state index contributed by atoms with van der Waals surface area (Å²) in [5.74, 6) is 1.33. The molecule has 34 heavy (non-hydrogen) atoms. The van der Waals surface area contributed by atoms with E-state index >= 15 is 0 Å². The lowest BCUT2D eigenvalue weighted by molar-refractivity contribution is 0.101. The summed E-state index contributed by atoms with van der Waals surface area (Å²) in [4.78, 5) is 21.0. The van der Waals surface area contributed by atoms with Gasteiger partial charge in [-0.15, -0.1) is 0 Å². The maximum Gasteiger partial charge on any atom is 0.275 e. The number of rotatable bonds is 8. The maximum absolute atomic E-state index is 12.4. The molecule has 1 amide bonds. The van der Waals surface area contributed by atoms with Crippen molar-refractivity contribution >= 4 is 17.4 Å². The molecule has 0 saturated carbocycles. The number of aromatic nitrogens is 4. The summed E-state index contributed by atoms with van der Waals surface area (Å²) in [6.45, 7) is 8.77. The van der Waals surface area contributed by atoms with Gasteiger partial charge < -0.3 is 15.4 Å². The lowest BCUT2D eigenvalue weighted by Gasteiger charge is -2.16. The third-order valence-electron chi connectivity index (χ3n) is 5.34. The first-order valence-corrected chi connectivity index (χ1v) is 10.8. The van der Waals surface area contributed by atoms with Gasteiger partial charge in [-0.25, -0.2) is 4.98 Å².